The molecular weight excluding hydrogens is 274 g/mol. The highest BCUT2D eigenvalue weighted by Crippen LogP contribution is 2.05. The lowest BCUT2D eigenvalue weighted by Gasteiger charge is -2.04. The fraction of sp³-hybridized carbons (Fsp3) is 0.818. The zero-order chi connectivity index (χ0) is 14.7. The van der Waals surface area contributed by atoms with E-state index in [1.165, 1.54) is 0 Å². The van der Waals surface area contributed by atoms with Gasteiger partial charge in [-0.1, -0.05) is 12.8 Å². The lowest BCUT2D eigenvalue weighted by Crippen LogP contribution is -2.25. The molecule has 0 aromatic heterocycles. The molecule has 0 radical (unpaired) electrons. The van der Waals surface area contributed by atoms with Gasteiger partial charge >= 0.3 is 5.97 Å². The summed E-state index contributed by atoms with van der Waals surface area (Å²) in [6, 6.07) is 0. The molecule has 1 amide bonds. The predicted octanol–water partition coefficient (Wildman–Crippen LogP) is 0.806. The lowest BCUT2D eigenvalue weighted by atomic mass is 10.1. The summed E-state index contributed by atoms with van der Waals surface area (Å²) in [6.45, 7) is 0.220. The molecule has 0 aliphatic rings. The van der Waals surface area contributed by atoms with E-state index in [9.17, 15) is 18.0 Å². The fourth-order valence-corrected chi connectivity index (χ4v) is 2.00. The second kappa shape index (κ2) is 9.74. The summed E-state index contributed by atoms with van der Waals surface area (Å²) in [7, 11) is -3.96. The second-order valence-corrected chi connectivity index (χ2v) is 5.87. The SMILES string of the molecule is O=C(O)CCCCCCC(=O)NCCCS(=O)(=O)O. The number of hydrogen-bond acceptors (Lipinski definition) is 4. The van der Waals surface area contributed by atoms with E-state index in [1.807, 2.05) is 0 Å². The number of carboxylic acid groups (broad SMARTS) is 1. The Morgan fingerprint density at radius 2 is 1.53 bits per heavy atom. The van der Waals surface area contributed by atoms with Crippen LogP contribution in [0.15, 0.2) is 0 Å². The van der Waals surface area contributed by atoms with E-state index in [0.29, 0.717) is 19.3 Å². The van der Waals surface area contributed by atoms with E-state index in [4.69, 9.17) is 9.66 Å². The highest BCUT2D eigenvalue weighted by molar-refractivity contribution is 7.85. The van der Waals surface area contributed by atoms with Crippen LogP contribution >= 0.6 is 0 Å². The van der Waals surface area contributed by atoms with E-state index in [2.05, 4.69) is 5.32 Å². The smallest absolute Gasteiger partial charge is 0.303 e. The van der Waals surface area contributed by atoms with Crippen molar-refractivity contribution in [3.63, 3.8) is 0 Å². The Kier molecular flexibility index (Phi) is 9.15. The van der Waals surface area contributed by atoms with Crippen LogP contribution < -0.4 is 5.32 Å². The molecule has 0 saturated heterocycles. The molecule has 0 spiro atoms. The Bertz CT molecular complexity index is 379. The summed E-state index contributed by atoms with van der Waals surface area (Å²) < 4.78 is 29.3. The van der Waals surface area contributed by atoms with Crippen LogP contribution in [0, 0.1) is 0 Å². The summed E-state index contributed by atoms with van der Waals surface area (Å²) in [5.41, 5.74) is 0. The molecule has 0 unspecified atom stereocenters. The average molecular weight is 295 g/mol. The summed E-state index contributed by atoms with van der Waals surface area (Å²) in [6.07, 6.45) is 3.56. The van der Waals surface area contributed by atoms with Crippen LogP contribution in [0.2, 0.25) is 0 Å². The highest BCUT2D eigenvalue weighted by atomic mass is 32.2. The first-order valence-corrected chi connectivity index (χ1v) is 7.86. The molecular formula is C11H21NO6S. The number of carboxylic acids is 1. The van der Waals surface area contributed by atoms with Crippen LogP contribution in [-0.2, 0) is 19.7 Å². The third-order valence-electron chi connectivity index (χ3n) is 2.45. The van der Waals surface area contributed by atoms with Crippen molar-refractivity contribution >= 4 is 22.0 Å². The maximum absolute atomic E-state index is 11.3. The van der Waals surface area contributed by atoms with Gasteiger partial charge in [0.1, 0.15) is 0 Å². The van der Waals surface area contributed by atoms with E-state index in [0.717, 1.165) is 12.8 Å². The first kappa shape index (κ1) is 17.8. The third-order valence-corrected chi connectivity index (χ3v) is 3.25. The van der Waals surface area contributed by atoms with Gasteiger partial charge in [0.15, 0.2) is 0 Å². The Labute approximate surface area is 113 Å². The van der Waals surface area contributed by atoms with Gasteiger partial charge in [0.05, 0.1) is 5.75 Å². The summed E-state index contributed by atoms with van der Waals surface area (Å²) in [5.74, 6) is -1.33. The van der Waals surface area contributed by atoms with Gasteiger partial charge in [0, 0.05) is 19.4 Å². The van der Waals surface area contributed by atoms with Crippen molar-refractivity contribution < 1.29 is 27.7 Å². The van der Waals surface area contributed by atoms with Crippen molar-refractivity contribution in [3.05, 3.63) is 0 Å². The van der Waals surface area contributed by atoms with Gasteiger partial charge < -0.3 is 10.4 Å². The van der Waals surface area contributed by atoms with Crippen LogP contribution in [0.5, 0.6) is 0 Å². The monoisotopic (exact) mass is 295 g/mol. The van der Waals surface area contributed by atoms with Crippen molar-refractivity contribution in [1.82, 2.24) is 5.32 Å². The third kappa shape index (κ3) is 14.8. The van der Waals surface area contributed by atoms with Gasteiger partial charge in [-0.3, -0.25) is 14.1 Å². The van der Waals surface area contributed by atoms with Gasteiger partial charge in [0.25, 0.3) is 10.1 Å². The molecule has 0 atom stereocenters. The van der Waals surface area contributed by atoms with Gasteiger partial charge in [-0.2, -0.15) is 8.42 Å². The van der Waals surface area contributed by atoms with Crippen LogP contribution in [-0.4, -0.2) is 42.3 Å². The maximum Gasteiger partial charge on any atom is 0.303 e. The second-order valence-electron chi connectivity index (χ2n) is 4.30. The van der Waals surface area contributed by atoms with Gasteiger partial charge in [-0.05, 0) is 19.3 Å². The Morgan fingerprint density at radius 3 is 2.05 bits per heavy atom. The summed E-state index contributed by atoms with van der Waals surface area (Å²) in [5, 5.41) is 11.0. The maximum atomic E-state index is 11.3. The molecule has 7 nitrogen and oxygen atoms in total. The van der Waals surface area contributed by atoms with Gasteiger partial charge in [0.2, 0.25) is 5.91 Å². The normalized spacial score (nSPS) is 11.2. The molecule has 3 N–H and O–H groups in total. The van der Waals surface area contributed by atoms with Gasteiger partial charge in [-0.15, -0.1) is 0 Å². The standard InChI is InChI=1S/C11H21NO6S/c13-10(12-8-5-9-19(16,17)18)6-3-1-2-4-7-11(14)15/h1-9H2,(H,12,13)(H,14,15)(H,16,17,18). The fourth-order valence-electron chi connectivity index (χ4n) is 1.49. The van der Waals surface area contributed by atoms with Gasteiger partial charge in [-0.25, -0.2) is 0 Å². The molecule has 8 heteroatoms. The number of hydrogen-bond donors (Lipinski definition) is 3. The van der Waals surface area contributed by atoms with E-state index < -0.39 is 16.1 Å². The van der Waals surface area contributed by atoms with E-state index >= 15 is 0 Å². The molecule has 0 rings (SSSR count). The van der Waals surface area contributed by atoms with Crippen LogP contribution in [0.1, 0.15) is 44.9 Å². The first-order valence-electron chi connectivity index (χ1n) is 6.25. The molecule has 0 aromatic carbocycles. The molecule has 0 aliphatic heterocycles. The number of rotatable bonds is 11. The minimum atomic E-state index is -3.96. The molecule has 0 bridgehead atoms. The van der Waals surface area contributed by atoms with Crippen molar-refractivity contribution in [2.75, 3.05) is 12.3 Å². The molecule has 0 aromatic rings. The van der Waals surface area contributed by atoms with Crippen molar-refractivity contribution in [3.8, 4) is 0 Å². The summed E-state index contributed by atoms with van der Waals surface area (Å²) in [4.78, 5) is 21.5. The quantitative estimate of drug-likeness (QED) is 0.383. The Hall–Kier alpha value is -1.15. The lowest BCUT2D eigenvalue weighted by molar-refractivity contribution is -0.137. The molecule has 0 aliphatic carbocycles. The summed E-state index contributed by atoms with van der Waals surface area (Å²) >= 11 is 0. The minimum absolute atomic E-state index is 0.155. The topological polar surface area (TPSA) is 121 Å². The number of carbonyl (C=O) groups excluding carboxylic acids is 1. The van der Waals surface area contributed by atoms with Crippen molar-refractivity contribution in [2.24, 2.45) is 0 Å². The number of unbranched alkanes of at least 4 members (excludes halogenated alkanes) is 3. The van der Waals surface area contributed by atoms with Crippen LogP contribution in [0.4, 0.5) is 0 Å². The van der Waals surface area contributed by atoms with Crippen LogP contribution in [0.25, 0.3) is 0 Å². The highest BCUT2D eigenvalue weighted by Gasteiger charge is 2.05. The number of carbonyl (C=O) groups is 2. The van der Waals surface area contributed by atoms with Crippen molar-refractivity contribution in [2.45, 2.75) is 44.9 Å². The van der Waals surface area contributed by atoms with Crippen molar-refractivity contribution in [1.29, 1.82) is 0 Å². The first-order chi connectivity index (χ1) is 8.81. The average Bonchev–Trinajstić information content (AvgIpc) is 2.27. The molecule has 19 heavy (non-hydrogen) atoms. The Balaban J connectivity index is 3.38. The number of aliphatic carboxylic acids is 1. The minimum Gasteiger partial charge on any atom is -0.481 e. The molecule has 112 valence electrons. The number of nitrogens with one attached hydrogen (secondary N) is 1. The zero-order valence-corrected chi connectivity index (χ0v) is 11.6. The predicted molar refractivity (Wildman–Crippen MR) is 69.4 cm³/mol. The molecule has 0 saturated carbocycles. The Morgan fingerprint density at radius 1 is 0.947 bits per heavy atom. The van der Waals surface area contributed by atoms with E-state index in [1.54, 1.807) is 0 Å². The van der Waals surface area contributed by atoms with Crippen LogP contribution in [0.3, 0.4) is 0 Å². The zero-order valence-electron chi connectivity index (χ0n) is 10.8. The van der Waals surface area contributed by atoms with E-state index in [-0.39, 0.29) is 31.0 Å². The number of amides is 1. The molecule has 0 fully saturated rings. The molecule has 0 heterocycles. The largest absolute Gasteiger partial charge is 0.481 e.